The molecule has 0 amide bonds. The zero-order chi connectivity index (χ0) is 14.3. The fraction of sp³-hybridized carbons (Fsp3) is 1.00. The molecule has 0 radical (unpaired) electrons. The van der Waals surface area contributed by atoms with Gasteiger partial charge in [-0.3, -0.25) is 0 Å². The van der Waals surface area contributed by atoms with E-state index in [2.05, 4.69) is 23.2 Å². The predicted octanol–water partition coefficient (Wildman–Crippen LogP) is 1.27. The number of nitrogens with zero attached hydrogens (tertiary/aromatic N) is 1. The van der Waals surface area contributed by atoms with Crippen LogP contribution in [-0.4, -0.2) is 54.0 Å². The molecular formula is C6H9Cl2F4NO3S. The van der Waals surface area contributed by atoms with Crippen molar-refractivity contribution in [3.05, 3.63) is 0 Å². The third kappa shape index (κ3) is 3.57. The molecule has 0 aliphatic heterocycles. The summed E-state index contributed by atoms with van der Waals surface area (Å²) in [5, 5.41) is -0.759. The van der Waals surface area contributed by atoms with Crippen LogP contribution < -0.4 is 0 Å². The molecule has 17 heavy (non-hydrogen) atoms. The lowest BCUT2D eigenvalue weighted by Gasteiger charge is -2.34. The first kappa shape index (κ1) is 17.2. The molecule has 0 unspecified atom stereocenters. The SMILES string of the molecule is CN(C)S(=O)(=O)CC(O)(C(F)(F)Cl)C(F)(F)Cl. The first-order valence-corrected chi connectivity index (χ1v) is 6.28. The highest BCUT2D eigenvalue weighted by Gasteiger charge is 2.68. The molecular weight excluding hydrogens is 313 g/mol. The number of rotatable bonds is 5. The van der Waals surface area contributed by atoms with E-state index in [1.54, 1.807) is 0 Å². The lowest BCUT2D eigenvalue weighted by atomic mass is 10.1. The van der Waals surface area contributed by atoms with Gasteiger partial charge in [-0.2, -0.15) is 17.6 Å². The van der Waals surface area contributed by atoms with Crippen LogP contribution in [0.25, 0.3) is 0 Å². The number of aliphatic hydroxyl groups is 1. The van der Waals surface area contributed by atoms with Gasteiger partial charge in [0.25, 0.3) is 0 Å². The van der Waals surface area contributed by atoms with Crippen LogP contribution >= 0.6 is 23.2 Å². The lowest BCUT2D eigenvalue weighted by molar-refractivity contribution is -0.203. The van der Waals surface area contributed by atoms with Crippen molar-refractivity contribution in [3.8, 4) is 0 Å². The summed E-state index contributed by atoms with van der Waals surface area (Å²) in [7, 11) is -2.75. The fourth-order valence-corrected chi connectivity index (χ4v) is 2.44. The van der Waals surface area contributed by atoms with Crippen LogP contribution in [0.15, 0.2) is 0 Å². The van der Waals surface area contributed by atoms with Crippen molar-refractivity contribution in [2.75, 3.05) is 19.8 Å². The van der Waals surface area contributed by atoms with E-state index in [4.69, 9.17) is 5.11 Å². The van der Waals surface area contributed by atoms with Gasteiger partial charge in [-0.05, 0) is 23.2 Å². The third-order valence-electron chi connectivity index (χ3n) is 1.89. The Balaban J connectivity index is 5.58. The second-order valence-electron chi connectivity index (χ2n) is 3.39. The second kappa shape index (κ2) is 4.69. The van der Waals surface area contributed by atoms with E-state index >= 15 is 0 Å². The van der Waals surface area contributed by atoms with Crippen LogP contribution in [-0.2, 0) is 10.0 Å². The van der Waals surface area contributed by atoms with Crippen molar-refractivity contribution in [3.63, 3.8) is 0 Å². The molecule has 1 N–H and O–H groups in total. The second-order valence-corrected chi connectivity index (χ2v) is 6.53. The summed E-state index contributed by atoms with van der Waals surface area (Å²) in [6, 6.07) is 0. The molecule has 4 nitrogen and oxygen atoms in total. The Bertz CT molecular complexity index is 362. The van der Waals surface area contributed by atoms with Gasteiger partial charge >= 0.3 is 10.8 Å². The van der Waals surface area contributed by atoms with Crippen molar-refractivity contribution >= 4 is 33.2 Å². The molecule has 0 aliphatic rings. The van der Waals surface area contributed by atoms with Gasteiger partial charge in [0.2, 0.25) is 15.6 Å². The highest BCUT2D eigenvalue weighted by Crippen LogP contribution is 2.46. The Kier molecular flexibility index (Phi) is 4.74. The zero-order valence-corrected chi connectivity index (χ0v) is 10.9. The van der Waals surface area contributed by atoms with Gasteiger partial charge in [-0.15, -0.1) is 0 Å². The molecule has 0 atom stereocenters. The number of hydrogen-bond acceptors (Lipinski definition) is 3. The van der Waals surface area contributed by atoms with Gasteiger partial charge in [0.15, 0.2) is 0 Å². The Morgan fingerprint density at radius 1 is 1.12 bits per heavy atom. The average Bonchev–Trinajstić information content (AvgIpc) is 1.98. The maximum atomic E-state index is 12.7. The Hall–Kier alpha value is 0.170. The monoisotopic (exact) mass is 321 g/mol. The summed E-state index contributed by atoms with van der Waals surface area (Å²) in [5.41, 5.74) is -4.42. The molecule has 0 saturated heterocycles. The van der Waals surface area contributed by atoms with E-state index in [1.165, 1.54) is 0 Å². The van der Waals surface area contributed by atoms with Crippen molar-refractivity contribution in [1.82, 2.24) is 4.31 Å². The van der Waals surface area contributed by atoms with Gasteiger partial charge in [0.05, 0.1) is 0 Å². The maximum Gasteiger partial charge on any atom is 0.358 e. The number of hydrogen-bond donors (Lipinski definition) is 1. The first-order valence-electron chi connectivity index (χ1n) is 3.91. The summed E-state index contributed by atoms with van der Waals surface area (Å²) in [4.78, 5) is 0. The molecule has 0 bridgehead atoms. The van der Waals surface area contributed by atoms with Crippen LogP contribution in [0.1, 0.15) is 0 Å². The summed E-state index contributed by atoms with van der Waals surface area (Å²) in [6.07, 6.45) is 0. The van der Waals surface area contributed by atoms with Crippen LogP contribution in [0.4, 0.5) is 17.6 Å². The van der Waals surface area contributed by atoms with Gasteiger partial charge in [-0.25, -0.2) is 12.7 Å². The van der Waals surface area contributed by atoms with Gasteiger partial charge in [0.1, 0.15) is 5.75 Å². The van der Waals surface area contributed by atoms with E-state index in [-0.39, 0.29) is 0 Å². The van der Waals surface area contributed by atoms with Gasteiger partial charge in [-0.1, -0.05) is 0 Å². The molecule has 0 aromatic rings. The van der Waals surface area contributed by atoms with Crippen molar-refractivity contribution in [2.24, 2.45) is 0 Å². The molecule has 0 aliphatic carbocycles. The highest BCUT2D eigenvalue weighted by atomic mass is 35.5. The number of halogens is 6. The minimum atomic E-state index is -4.93. The average molecular weight is 322 g/mol. The maximum absolute atomic E-state index is 12.7. The molecule has 0 rings (SSSR count). The number of sulfonamides is 1. The summed E-state index contributed by atoms with van der Waals surface area (Å²) in [6.45, 7) is 0. The van der Waals surface area contributed by atoms with Gasteiger partial charge in [0, 0.05) is 14.1 Å². The number of alkyl halides is 6. The molecule has 11 heteroatoms. The van der Waals surface area contributed by atoms with E-state index in [1.807, 2.05) is 0 Å². The molecule has 0 saturated carbocycles. The van der Waals surface area contributed by atoms with E-state index in [0.29, 0.717) is 4.31 Å². The van der Waals surface area contributed by atoms with Crippen LogP contribution in [0.2, 0.25) is 0 Å². The normalized spacial score (nSPS) is 15.4. The zero-order valence-electron chi connectivity index (χ0n) is 8.59. The van der Waals surface area contributed by atoms with E-state index < -0.39 is 32.1 Å². The lowest BCUT2D eigenvalue weighted by Crippen LogP contribution is -2.61. The minimum absolute atomic E-state index is 0.378. The smallest absolute Gasteiger partial charge is 0.358 e. The van der Waals surface area contributed by atoms with Crippen molar-refractivity contribution in [2.45, 2.75) is 16.4 Å². The summed E-state index contributed by atoms with van der Waals surface area (Å²) in [5.74, 6) is -2.03. The molecule has 0 spiro atoms. The Morgan fingerprint density at radius 3 is 1.59 bits per heavy atom. The Morgan fingerprint density at radius 2 is 1.41 bits per heavy atom. The molecule has 0 heterocycles. The Labute approximate surface area is 105 Å². The predicted molar refractivity (Wildman–Crippen MR) is 54.0 cm³/mol. The molecule has 104 valence electrons. The largest absolute Gasteiger partial charge is 0.375 e. The summed E-state index contributed by atoms with van der Waals surface area (Å²) >= 11 is 8.61. The fourth-order valence-electron chi connectivity index (χ4n) is 0.717. The van der Waals surface area contributed by atoms with Gasteiger partial charge < -0.3 is 5.11 Å². The third-order valence-corrected chi connectivity index (χ3v) is 4.41. The van der Waals surface area contributed by atoms with Crippen molar-refractivity contribution < 1.29 is 31.1 Å². The minimum Gasteiger partial charge on any atom is -0.375 e. The van der Waals surface area contributed by atoms with Crippen LogP contribution in [0.3, 0.4) is 0 Å². The molecule has 0 aromatic heterocycles. The molecule has 0 aromatic carbocycles. The quantitative estimate of drug-likeness (QED) is 0.613. The molecule has 0 fully saturated rings. The summed E-state index contributed by atoms with van der Waals surface area (Å²) < 4.78 is 73.7. The van der Waals surface area contributed by atoms with E-state index in [0.717, 1.165) is 14.1 Å². The van der Waals surface area contributed by atoms with E-state index in [9.17, 15) is 26.0 Å². The standard InChI is InChI=1S/C6H9Cl2F4NO3S/c1-13(2)17(15,16)3-4(14,5(7,9)10)6(8,11)12/h14H,3H2,1-2H3. The highest BCUT2D eigenvalue weighted by molar-refractivity contribution is 7.89. The first-order chi connectivity index (χ1) is 7.15. The van der Waals surface area contributed by atoms with Crippen LogP contribution in [0, 0.1) is 0 Å². The topological polar surface area (TPSA) is 57.6 Å². The van der Waals surface area contributed by atoms with Crippen LogP contribution in [0.5, 0.6) is 0 Å². The van der Waals surface area contributed by atoms with Crippen molar-refractivity contribution in [1.29, 1.82) is 0 Å².